The molecule has 2 heterocycles. The summed E-state index contributed by atoms with van der Waals surface area (Å²) in [5, 5.41) is 0. The smallest absolute Gasteiger partial charge is 0.261 e. The third-order valence-electron chi connectivity index (χ3n) is 5.65. The minimum Gasteiger partial charge on any atom is -0.312 e. The van der Waals surface area contributed by atoms with Gasteiger partial charge in [0.25, 0.3) is 10.0 Å². The van der Waals surface area contributed by atoms with Crippen LogP contribution in [0.15, 0.2) is 52.3 Å². The summed E-state index contributed by atoms with van der Waals surface area (Å²) in [4.78, 5) is 13.9. The number of hydrogen-bond donors (Lipinski definition) is 1. The summed E-state index contributed by atoms with van der Waals surface area (Å²) in [6, 6.07) is 10.4. The molecular formula is C21H25N3O5S2. The van der Waals surface area contributed by atoms with Crippen LogP contribution >= 0.6 is 0 Å². The number of carbonyl (C=O) groups excluding carboxylic acids is 1. The zero-order valence-corrected chi connectivity index (χ0v) is 18.9. The van der Waals surface area contributed by atoms with Crippen LogP contribution in [0.3, 0.4) is 0 Å². The van der Waals surface area contributed by atoms with E-state index in [4.69, 9.17) is 0 Å². The number of nitrogens with zero attached hydrogens (tertiary/aromatic N) is 2. The van der Waals surface area contributed by atoms with Crippen LogP contribution in [0.2, 0.25) is 0 Å². The molecule has 0 aliphatic carbocycles. The number of rotatable bonds is 6. The topological polar surface area (TPSA) is 104 Å². The largest absolute Gasteiger partial charge is 0.312 e. The molecule has 2 aliphatic heterocycles. The van der Waals surface area contributed by atoms with E-state index in [1.54, 1.807) is 17.9 Å². The maximum Gasteiger partial charge on any atom is 0.261 e. The Hall–Kier alpha value is -2.43. The lowest BCUT2D eigenvalue weighted by Crippen LogP contribution is -2.27. The highest BCUT2D eigenvalue weighted by molar-refractivity contribution is 7.92. The van der Waals surface area contributed by atoms with Crippen LogP contribution in [-0.2, 0) is 24.8 Å². The highest BCUT2D eigenvalue weighted by Crippen LogP contribution is 2.28. The van der Waals surface area contributed by atoms with Crippen LogP contribution in [0.4, 0.5) is 11.4 Å². The zero-order valence-electron chi connectivity index (χ0n) is 17.2. The monoisotopic (exact) mass is 463 g/mol. The van der Waals surface area contributed by atoms with Crippen molar-refractivity contribution in [3.63, 3.8) is 0 Å². The molecule has 1 N–H and O–H groups in total. The number of nitrogens with one attached hydrogen (secondary N) is 1. The van der Waals surface area contributed by atoms with Gasteiger partial charge < -0.3 is 4.90 Å². The average molecular weight is 464 g/mol. The van der Waals surface area contributed by atoms with E-state index in [0.29, 0.717) is 31.6 Å². The predicted molar refractivity (Wildman–Crippen MR) is 118 cm³/mol. The van der Waals surface area contributed by atoms with Crippen molar-refractivity contribution in [2.75, 3.05) is 29.3 Å². The molecule has 8 nitrogen and oxygen atoms in total. The molecule has 1 amide bonds. The SMILES string of the molecule is Cc1cc(S(=O)(=O)Nc2ccc(S(=O)(=O)N3CCCC3)cc2)ccc1N1CCCC1=O. The molecular weight excluding hydrogens is 438 g/mol. The van der Waals surface area contributed by atoms with Gasteiger partial charge in [0.1, 0.15) is 0 Å². The lowest BCUT2D eigenvalue weighted by molar-refractivity contribution is -0.117. The van der Waals surface area contributed by atoms with Crippen molar-refractivity contribution in [2.24, 2.45) is 0 Å². The fraction of sp³-hybridized carbons (Fsp3) is 0.381. The van der Waals surface area contributed by atoms with Crippen molar-refractivity contribution in [1.82, 2.24) is 4.31 Å². The van der Waals surface area contributed by atoms with Gasteiger partial charge in [-0.25, -0.2) is 16.8 Å². The zero-order chi connectivity index (χ0) is 22.2. The predicted octanol–water partition coefficient (Wildman–Crippen LogP) is 2.71. The van der Waals surface area contributed by atoms with E-state index in [0.717, 1.165) is 24.9 Å². The number of carbonyl (C=O) groups is 1. The lowest BCUT2D eigenvalue weighted by Gasteiger charge is -2.19. The maximum absolute atomic E-state index is 12.8. The lowest BCUT2D eigenvalue weighted by atomic mass is 10.2. The summed E-state index contributed by atoms with van der Waals surface area (Å²) in [5.41, 5.74) is 1.69. The van der Waals surface area contributed by atoms with E-state index >= 15 is 0 Å². The second-order valence-corrected chi connectivity index (χ2v) is 11.5. The Morgan fingerprint density at radius 2 is 1.48 bits per heavy atom. The van der Waals surface area contributed by atoms with E-state index in [1.165, 1.54) is 40.7 Å². The Bertz CT molecular complexity index is 1200. The van der Waals surface area contributed by atoms with Gasteiger partial charge in [-0.1, -0.05) is 0 Å². The molecule has 0 atom stereocenters. The molecule has 0 aromatic heterocycles. The Labute approximate surface area is 183 Å². The van der Waals surface area contributed by atoms with Crippen molar-refractivity contribution in [1.29, 1.82) is 0 Å². The number of anilines is 2. The molecule has 2 aromatic carbocycles. The molecule has 31 heavy (non-hydrogen) atoms. The maximum atomic E-state index is 12.8. The number of benzene rings is 2. The number of hydrogen-bond acceptors (Lipinski definition) is 5. The summed E-state index contributed by atoms with van der Waals surface area (Å²) in [6.45, 7) is 3.43. The van der Waals surface area contributed by atoms with Crippen LogP contribution in [0.1, 0.15) is 31.2 Å². The Morgan fingerprint density at radius 3 is 2.06 bits per heavy atom. The highest BCUT2D eigenvalue weighted by Gasteiger charge is 2.27. The normalized spacial score (nSPS) is 18.0. The Morgan fingerprint density at radius 1 is 0.839 bits per heavy atom. The van der Waals surface area contributed by atoms with Gasteiger partial charge in [0.2, 0.25) is 15.9 Å². The first kappa shape index (κ1) is 21.8. The van der Waals surface area contributed by atoms with E-state index in [1.807, 2.05) is 0 Å². The van der Waals surface area contributed by atoms with Crippen molar-refractivity contribution in [3.8, 4) is 0 Å². The number of amides is 1. The number of aryl methyl sites for hydroxylation is 1. The van der Waals surface area contributed by atoms with Crippen molar-refractivity contribution < 1.29 is 21.6 Å². The summed E-state index contributed by atoms with van der Waals surface area (Å²) >= 11 is 0. The van der Waals surface area contributed by atoms with E-state index in [2.05, 4.69) is 4.72 Å². The molecule has 2 aromatic rings. The van der Waals surface area contributed by atoms with Crippen LogP contribution in [-0.4, -0.2) is 46.7 Å². The standard InChI is InChI=1S/C21H25N3O5S2/c1-16-15-19(10-11-20(16)24-14-4-5-21(24)25)30(26,27)22-17-6-8-18(9-7-17)31(28,29)23-12-2-3-13-23/h6-11,15,22H,2-5,12-14H2,1H3. The molecule has 0 bridgehead atoms. The van der Waals surface area contributed by atoms with Gasteiger partial charge in [0, 0.05) is 37.4 Å². The first-order valence-electron chi connectivity index (χ1n) is 10.2. The molecule has 2 aliphatic rings. The van der Waals surface area contributed by atoms with Gasteiger partial charge in [-0.05, 0) is 74.2 Å². The van der Waals surface area contributed by atoms with Crippen molar-refractivity contribution >= 4 is 37.3 Å². The van der Waals surface area contributed by atoms with E-state index < -0.39 is 20.0 Å². The van der Waals surface area contributed by atoms with Gasteiger partial charge in [-0.15, -0.1) is 0 Å². The first-order valence-corrected chi connectivity index (χ1v) is 13.1. The molecule has 10 heteroatoms. The third-order valence-corrected chi connectivity index (χ3v) is 8.94. The quantitative estimate of drug-likeness (QED) is 0.709. The molecule has 0 spiro atoms. The van der Waals surface area contributed by atoms with Crippen molar-refractivity contribution in [2.45, 2.75) is 42.4 Å². The molecule has 2 fully saturated rings. The Balaban J connectivity index is 1.52. The first-order chi connectivity index (χ1) is 14.7. The molecule has 0 saturated carbocycles. The van der Waals surface area contributed by atoms with Gasteiger partial charge in [-0.3, -0.25) is 9.52 Å². The second kappa shape index (κ2) is 8.25. The van der Waals surface area contributed by atoms with Crippen LogP contribution in [0, 0.1) is 6.92 Å². The van der Waals surface area contributed by atoms with Crippen molar-refractivity contribution in [3.05, 3.63) is 48.0 Å². The fourth-order valence-electron chi connectivity index (χ4n) is 3.99. The van der Waals surface area contributed by atoms with Gasteiger partial charge in [0.15, 0.2) is 0 Å². The molecule has 4 rings (SSSR count). The van der Waals surface area contributed by atoms with Gasteiger partial charge in [-0.2, -0.15) is 4.31 Å². The summed E-state index contributed by atoms with van der Waals surface area (Å²) in [7, 11) is -7.42. The molecule has 0 unspecified atom stereocenters. The van der Waals surface area contributed by atoms with Crippen LogP contribution < -0.4 is 9.62 Å². The fourth-order valence-corrected chi connectivity index (χ4v) is 6.65. The Kier molecular flexibility index (Phi) is 5.80. The summed E-state index contributed by atoms with van der Waals surface area (Å²) in [6.07, 6.45) is 3.00. The van der Waals surface area contributed by atoms with Gasteiger partial charge in [0.05, 0.1) is 9.79 Å². The summed E-state index contributed by atoms with van der Waals surface area (Å²) in [5.74, 6) is 0.0424. The molecule has 2 saturated heterocycles. The second-order valence-electron chi connectivity index (χ2n) is 7.84. The molecule has 0 radical (unpaired) electrons. The minimum absolute atomic E-state index is 0.0424. The van der Waals surface area contributed by atoms with E-state index in [9.17, 15) is 21.6 Å². The third kappa shape index (κ3) is 4.32. The molecule has 166 valence electrons. The van der Waals surface area contributed by atoms with Crippen LogP contribution in [0.25, 0.3) is 0 Å². The van der Waals surface area contributed by atoms with E-state index in [-0.39, 0.29) is 21.4 Å². The van der Waals surface area contributed by atoms with Crippen LogP contribution in [0.5, 0.6) is 0 Å². The summed E-state index contributed by atoms with van der Waals surface area (Å²) < 4.78 is 54.8. The average Bonchev–Trinajstić information content (AvgIpc) is 3.40. The highest BCUT2D eigenvalue weighted by atomic mass is 32.2. The minimum atomic E-state index is -3.87. The number of sulfonamides is 2. The van der Waals surface area contributed by atoms with Gasteiger partial charge >= 0.3 is 0 Å².